The van der Waals surface area contributed by atoms with Crippen molar-refractivity contribution in [3.63, 3.8) is 0 Å². The number of carbonyl (C=O) groups excluding carboxylic acids is 1. The van der Waals surface area contributed by atoms with Gasteiger partial charge in [-0.05, 0) is 55.8 Å². The maximum Gasteiger partial charge on any atom is 0.291 e. The number of hydrogen-bond donors (Lipinski definition) is 3. The number of para-hydroxylation sites is 1. The molecule has 0 aliphatic rings. The summed E-state index contributed by atoms with van der Waals surface area (Å²) in [5.74, 6) is 0.380. The van der Waals surface area contributed by atoms with E-state index in [4.69, 9.17) is 9.15 Å². The van der Waals surface area contributed by atoms with E-state index in [9.17, 15) is 9.18 Å². The second-order valence-electron chi connectivity index (χ2n) is 7.07. The predicted octanol–water partition coefficient (Wildman–Crippen LogP) is 4.81. The molecule has 3 N–H and O–H groups in total. The highest BCUT2D eigenvalue weighted by atomic mass is 127. The Morgan fingerprint density at radius 2 is 1.94 bits per heavy atom. The highest BCUT2D eigenvalue weighted by Gasteiger charge is 2.10. The van der Waals surface area contributed by atoms with Gasteiger partial charge in [0.1, 0.15) is 6.10 Å². The molecule has 0 saturated heterocycles. The average Bonchev–Trinajstić information content (AvgIpc) is 3.33. The van der Waals surface area contributed by atoms with Gasteiger partial charge in [-0.15, -0.1) is 24.0 Å². The van der Waals surface area contributed by atoms with Crippen molar-refractivity contribution in [2.24, 2.45) is 4.99 Å². The molecule has 1 heterocycles. The van der Waals surface area contributed by atoms with Gasteiger partial charge >= 0.3 is 0 Å². The van der Waals surface area contributed by atoms with Gasteiger partial charge in [-0.25, -0.2) is 9.38 Å². The Morgan fingerprint density at radius 3 is 2.67 bits per heavy atom. The number of ether oxygens (including phenoxy) is 1. The van der Waals surface area contributed by atoms with Gasteiger partial charge < -0.3 is 25.1 Å². The lowest BCUT2D eigenvalue weighted by Crippen LogP contribution is -2.41. The third kappa shape index (κ3) is 8.41. The summed E-state index contributed by atoms with van der Waals surface area (Å²) in [6.45, 7) is 5.37. The van der Waals surface area contributed by atoms with Crippen LogP contribution in [0.3, 0.4) is 0 Å². The Labute approximate surface area is 209 Å². The van der Waals surface area contributed by atoms with Gasteiger partial charge in [-0.2, -0.15) is 0 Å². The minimum absolute atomic E-state index is 0. The zero-order chi connectivity index (χ0) is 22.8. The van der Waals surface area contributed by atoms with Crippen LogP contribution in [0, 0.1) is 5.82 Å². The number of hydrogen-bond acceptors (Lipinski definition) is 4. The van der Waals surface area contributed by atoms with Crippen molar-refractivity contribution < 1.29 is 18.3 Å². The van der Waals surface area contributed by atoms with E-state index in [-0.39, 0.29) is 53.3 Å². The van der Waals surface area contributed by atoms with E-state index in [1.807, 2.05) is 32.0 Å². The van der Waals surface area contributed by atoms with Gasteiger partial charge in [-0.3, -0.25) is 4.79 Å². The molecule has 1 atom stereocenters. The summed E-state index contributed by atoms with van der Waals surface area (Å²) in [7, 11) is 0. The fourth-order valence-corrected chi connectivity index (χ4v) is 2.90. The molecule has 176 valence electrons. The van der Waals surface area contributed by atoms with Crippen LogP contribution >= 0.6 is 24.0 Å². The summed E-state index contributed by atoms with van der Waals surface area (Å²) in [6, 6.07) is 17.0. The highest BCUT2D eigenvalue weighted by molar-refractivity contribution is 14.0. The molecule has 0 bridgehead atoms. The fraction of sp³-hybridized carbons (Fsp3) is 0.250. The van der Waals surface area contributed by atoms with Crippen LogP contribution in [0.25, 0.3) is 0 Å². The monoisotopic (exact) mass is 566 g/mol. The zero-order valence-corrected chi connectivity index (χ0v) is 20.8. The van der Waals surface area contributed by atoms with Crippen LogP contribution in [-0.4, -0.2) is 31.1 Å². The molecular formula is C24H28FIN4O3. The largest absolute Gasteiger partial charge is 0.486 e. The average molecular weight is 566 g/mol. The summed E-state index contributed by atoms with van der Waals surface area (Å²) in [6.07, 6.45) is 1.19. The molecule has 1 amide bonds. The molecule has 3 rings (SSSR count). The second kappa shape index (κ2) is 13.5. The maximum atomic E-state index is 13.8. The van der Waals surface area contributed by atoms with Crippen LogP contribution < -0.4 is 20.7 Å². The van der Waals surface area contributed by atoms with Crippen LogP contribution in [-0.2, 0) is 6.54 Å². The van der Waals surface area contributed by atoms with E-state index in [2.05, 4.69) is 20.9 Å². The van der Waals surface area contributed by atoms with E-state index < -0.39 is 0 Å². The Bertz CT molecular complexity index is 1040. The molecule has 33 heavy (non-hydrogen) atoms. The van der Waals surface area contributed by atoms with E-state index in [1.165, 1.54) is 12.3 Å². The minimum Gasteiger partial charge on any atom is -0.486 e. The van der Waals surface area contributed by atoms with Crippen molar-refractivity contribution >= 4 is 41.5 Å². The summed E-state index contributed by atoms with van der Waals surface area (Å²) in [5.41, 5.74) is 1.58. The van der Waals surface area contributed by atoms with Crippen LogP contribution in [0.2, 0.25) is 0 Å². The van der Waals surface area contributed by atoms with Crippen molar-refractivity contribution in [3.8, 4) is 5.75 Å². The predicted molar refractivity (Wildman–Crippen MR) is 138 cm³/mol. The molecule has 2 aromatic carbocycles. The quantitative estimate of drug-likeness (QED) is 0.197. The van der Waals surface area contributed by atoms with Crippen molar-refractivity contribution in [1.82, 2.24) is 10.6 Å². The molecule has 0 aliphatic heterocycles. The van der Waals surface area contributed by atoms with E-state index >= 15 is 0 Å². The third-order valence-corrected chi connectivity index (χ3v) is 4.42. The van der Waals surface area contributed by atoms with Crippen LogP contribution in [0.5, 0.6) is 5.75 Å². The van der Waals surface area contributed by atoms with Gasteiger partial charge in [0.15, 0.2) is 23.3 Å². The lowest BCUT2D eigenvalue weighted by molar-refractivity contribution is 0.0996. The molecule has 1 aromatic heterocycles. The summed E-state index contributed by atoms with van der Waals surface area (Å²) < 4.78 is 24.5. The third-order valence-electron chi connectivity index (χ3n) is 4.42. The minimum atomic E-state index is -0.390. The highest BCUT2D eigenvalue weighted by Crippen LogP contribution is 2.17. The summed E-state index contributed by atoms with van der Waals surface area (Å²) >= 11 is 0. The first-order valence-corrected chi connectivity index (χ1v) is 10.4. The number of anilines is 1. The molecule has 0 saturated carbocycles. The Kier molecular flexibility index (Phi) is 10.7. The first-order chi connectivity index (χ1) is 15.5. The molecule has 0 radical (unpaired) electrons. The van der Waals surface area contributed by atoms with Crippen LogP contribution in [0.1, 0.15) is 30.0 Å². The number of amides is 1. The van der Waals surface area contributed by atoms with Gasteiger partial charge in [-0.1, -0.05) is 24.3 Å². The molecule has 9 heteroatoms. The first kappa shape index (κ1) is 26.2. The first-order valence-electron chi connectivity index (χ1n) is 10.4. The number of rotatable bonds is 9. The van der Waals surface area contributed by atoms with Gasteiger partial charge in [0.05, 0.1) is 19.4 Å². The second-order valence-corrected chi connectivity index (χ2v) is 7.07. The fourth-order valence-electron chi connectivity index (χ4n) is 2.90. The lowest BCUT2D eigenvalue weighted by Gasteiger charge is -2.18. The lowest BCUT2D eigenvalue weighted by atomic mass is 10.2. The standard InChI is InChI=1S/C24H27FN4O3.HI/c1-3-26-24(27-15-17(2)32-21-11-5-4-10-20(21)25)28-16-18-8-6-9-19(14-18)29-23(30)22-12-7-13-31-22;/h4-14,17H,3,15-16H2,1-2H3,(H,29,30)(H2,26,27,28);1H. The van der Waals surface area contributed by atoms with Gasteiger partial charge in [0, 0.05) is 12.2 Å². The number of benzene rings is 2. The number of aliphatic imine (C=N–C) groups is 1. The molecular weight excluding hydrogens is 538 g/mol. The number of nitrogens with one attached hydrogen (secondary N) is 3. The number of halogens is 2. The topological polar surface area (TPSA) is 87.9 Å². The number of carbonyl (C=O) groups is 1. The Balaban J connectivity index is 0.00000385. The van der Waals surface area contributed by atoms with E-state index in [0.717, 1.165) is 5.56 Å². The number of furan rings is 1. The van der Waals surface area contributed by atoms with Crippen LogP contribution in [0.4, 0.5) is 10.1 Å². The maximum absolute atomic E-state index is 13.8. The molecule has 1 unspecified atom stereocenters. The zero-order valence-electron chi connectivity index (χ0n) is 18.5. The summed E-state index contributed by atoms with van der Waals surface area (Å²) in [5, 5.41) is 9.19. The Hall–Kier alpha value is -3.08. The van der Waals surface area contributed by atoms with Gasteiger partial charge in [0.2, 0.25) is 0 Å². The van der Waals surface area contributed by atoms with E-state index in [1.54, 1.807) is 36.4 Å². The van der Waals surface area contributed by atoms with Crippen LogP contribution in [0.15, 0.2) is 76.3 Å². The number of guanidine groups is 1. The van der Waals surface area contributed by atoms with Crippen molar-refractivity contribution in [2.45, 2.75) is 26.5 Å². The number of nitrogens with zero attached hydrogens (tertiary/aromatic N) is 1. The molecule has 0 fully saturated rings. The molecule has 0 aliphatic carbocycles. The van der Waals surface area contributed by atoms with Gasteiger partial charge in [0.25, 0.3) is 5.91 Å². The van der Waals surface area contributed by atoms with Crippen molar-refractivity contribution in [3.05, 3.63) is 84.1 Å². The summed E-state index contributed by atoms with van der Waals surface area (Å²) in [4.78, 5) is 16.7. The molecule has 3 aromatic rings. The SMILES string of the molecule is CCNC(=NCc1cccc(NC(=O)c2ccco2)c1)NCC(C)Oc1ccccc1F.I. The van der Waals surface area contributed by atoms with E-state index in [0.29, 0.717) is 31.3 Å². The normalized spacial score (nSPS) is 11.8. The smallest absolute Gasteiger partial charge is 0.291 e. The van der Waals surface area contributed by atoms with Crippen molar-refractivity contribution in [1.29, 1.82) is 0 Å². The molecule has 0 spiro atoms. The van der Waals surface area contributed by atoms with Crippen molar-refractivity contribution in [2.75, 3.05) is 18.4 Å². The Morgan fingerprint density at radius 1 is 1.12 bits per heavy atom. The molecule has 7 nitrogen and oxygen atoms in total.